The summed E-state index contributed by atoms with van der Waals surface area (Å²) in [5.41, 5.74) is 1.18. The van der Waals surface area contributed by atoms with E-state index in [4.69, 9.17) is 12.2 Å². The van der Waals surface area contributed by atoms with Crippen molar-refractivity contribution >= 4 is 17.7 Å². The van der Waals surface area contributed by atoms with Crippen LogP contribution in [0.2, 0.25) is 0 Å². The van der Waals surface area contributed by atoms with Crippen molar-refractivity contribution in [1.29, 1.82) is 0 Å². The molecule has 5 rings (SSSR count). The van der Waals surface area contributed by atoms with E-state index in [9.17, 15) is 18.8 Å². The zero-order chi connectivity index (χ0) is 27.2. The highest BCUT2D eigenvalue weighted by molar-refractivity contribution is 6.05. The van der Waals surface area contributed by atoms with Crippen LogP contribution in [0.5, 0.6) is 5.75 Å². The maximum Gasteiger partial charge on any atom is 0.255 e. The van der Waals surface area contributed by atoms with Crippen LogP contribution in [0.15, 0.2) is 36.4 Å². The molecule has 1 N–H and O–H groups in total. The quantitative estimate of drug-likeness (QED) is 0.618. The molecule has 0 aromatic heterocycles. The Morgan fingerprint density at radius 2 is 1.94 bits per heavy atom. The fourth-order valence-corrected chi connectivity index (χ4v) is 5.03. The number of piperidine rings is 1. The van der Waals surface area contributed by atoms with Gasteiger partial charge in [-0.3, -0.25) is 24.6 Å². The summed E-state index contributed by atoms with van der Waals surface area (Å²) in [5.74, 6) is -2.17. The molecule has 3 aliphatic rings. The maximum absolute atomic E-state index is 15.0. The number of rotatable bonds is 6. The van der Waals surface area contributed by atoms with Gasteiger partial charge in [0.1, 0.15) is 24.2 Å². The molecule has 3 heterocycles. The molecule has 3 atom stereocenters. The van der Waals surface area contributed by atoms with Crippen molar-refractivity contribution in [3.05, 3.63) is 64.5 Å². The van der Waals surface area contributed by atoms with Gasteiger partial charge in [-0.05, 0) is 44.0 Å². The Morgan fingerprint density at radius 1 is 1.17 bits per heavy atom. The molecule has 2 aromatic carbocycles. The predicted molar refractivity (Wildman–Crippen MR) is 129 cm³/mol. The van der Waals surface area contributed by atoms with E-state index in [1.807, 2.05) is 19.9 Å². The molecule has 190 valence electrons. The predicted octanol–water partition coefficient (Wildman–Crippen LogP) is 2.77. The van der Waals surface area contributed by atoms with Gasteiger partial charge in [0, 0.05) is 42.7 Å². The first kappa shape index (κ1) is 21.9. The van der Waals surface area contributed by atoms with Crippen LogP contribution in [-0.4, -0.2) is 58.9 Å². The number of fused-ring (bicyclic) bond motifs is 1. The average molecular weight is 498 g/mol. The van der Waals surface area contributed by atoms with E-state index in [1.165, 1.54) is 18.2 Å². The van der Waals surface area contributed by atoms with Crippen LogP contribution in [0.3, 0.4) is 0 Å². The number of imide groups is 1. The van der Waals surface area contributed by atoms with Gasteiger partial charge in [-0.25, -0.2) is 4.39 Å². The number of amides is 3. The number of benzene rings is 2. The maximum atomic E-state index is 15.0. The third-order valence-corrected chi connectivity index (χ3v) is 6.63. The second-order valence-corrected chi connectivity index (χ2v) is 9.60. The van der Waals surface area contributed by atoms with Crippen molar-refractivity contribution in [2.75, 3.05) is 13.1 Å². The third kappa shape index (κ3) is 4.99. The van der Waals surface area contributed by atoms with Crippen molar-refractivity contribution < 1.29 is 31.0 Å². The standard InChI is InChI=1S/C27H30FN3O5/c1-16-11-30(12-17(2)36-16)13-18-6-7-19(22(28)10-18)15-35-24-5-3-4-20-21(24)14-31(27(20)34)23-8-9-25(32)29-26(23)33/h3-7,10,16-17,23H,8-9,11-15H2,1-2H3,(H,29,32,33)/i14D2. The number of carbonyl (C=O) groups excluding carboxylic acids is 3. The van der Waals surface area contributed by atoms with Gasteiger partial charge in [0.25, 0.3) is 5.91 Å². The Kier molecular flexibility index (Phi) is 6.09. The van der Waals surface area contributed by atoms with Crippen LogP contribution in [-0.2, 0) is 34.0 Å². The Balaban J connectivity index is 1.32. The van der Waals surface area contributed by atoms with E-state index in [-0.39, 0.29) is 48.5 Å². The molecule has 3 aliphatic heterocycles. The molecule has 2 fully saturated rings. The number of nitrogens with zero attached hydrogens (tertiary/aromatic N) is 2. The summed E-state index contributed by atoms with van der Waals surface area (Å²) in [6.07, 6.45) is 0.264. The van der Waals surface area contributed by atoms with Crippen LogP contribution >= 0.6 is 0 Å². The Bertz CT molecular complexity index is 1280. The number of ether oxygens (including phenoxy) is 2. The minimum Gasteiger partial charge on any atom is -0.488 e. The van der Waals surface area contributed by atoms with Crippen molar-refractivity contribution in [3.63, 3.8) is 0 Å². The number of nitrogens with one attached hydrogen (secondary N) is 1. The lowest BCUT2D eigenvalue weighted by atomic mass is 10.0. The molecular weight excluding hydrogens is 465 g/mol. The number of hydrogen-bond acceptors (Lipinski definition) is 6. The van der Waals surface area contributed by atoms with E-state index >= 15 is 0 Å². The molecule has 3 unspecified atom stereocenters. The van der Waals surface area contributed by atoms with Crippen LogP contribution in [0.25, 0.3) is 0 Å². The summed E-state index contributed by atoms with van der Waals surface area (Å²) in [6.45, 7) is 3.64. The summed E-state index contributed by atoms with van der Waals surface area (Å²) in [7, 11) is 0. The Labute approximate surface area is 212 Å². The Hall–Kier alpha value is -3.30. The normalized spacial score (nSPS) is 26.8. The smallest absolute Gasteiger partial charge is 0.255 e. The molecule has 0 spiro atoms. The minimum absolute atomic E-state index is 0.00876. The van der Waals surface area contributed by atoms with Gasteiger partial charge in [-0.1, -0.05) is 18.2 Å². The first-order valence-corrected chi connectivity index (χ1v) is 12.1. The highest BCUT2D eigenvalue weighted by Gasteiger charge is 2.40. The SMILES string of the molecule is [2H]C1([2H])c2c(OCc3ccc(CN4CC(C)OC(C)C4)cc3F)cccc2C(=O)N1C1CCC(=O)NC1=O. The minimum atomic E-state index is -2.36. The number of hydrogen-bond donors (Lipinski definition) is 1. The molecule has 9 heteroatoms. The monoisotopic (exact) mass is 497 g/mol. The van der Waals surface area contributed by atoms with Gasteiger partial charge in [0.15, 0.2) is 0 Å². The first-order chi connectivity index (χ1) is 18.0. The molecule has 0 bridgehead atoms. The van der Waals surface area contributed by atoms with Crippen molar-refractivity contribution in [3.8, 4) is 5.75 Å². The molecular formula is C27H30FN3O5. The van der Waals surface area contributed by atoms with Gasteiger partial charge in [0.05, 0.1) is 21.4 Å². The molecule has 2 saturated heterocycles. The second kappa shape index (κ2) is 9.99. The average Bonchev–Trinajstić information content (AvgIpc) is 3.04. The van der Waals surface area contributed by atoms with Gasteiger partial charge in [-0.2, -0.15) is 0 Å². The fraction of sp³-hybridized carbons (Fsp3) is 0.444. The molecule has 0 radical (unpaired) electrons. The van der Waals surface area contributed by atoms with Gasteiger partial charge < -0.3 is 14.4 Å². The lowest BCUT2D eigenvalue weighted by Crippen LogP contribution is -2.52. The summed E-state index contributed by atoms with van der Waals surface area (Å²) >= 11 is 0. The van der Waals surface area contributed by atoms with Crippen molar-refractivity contribution in [1.82, 2.24) is 15.1 Å². The molecule has 8 nitrogen and oxygen atoms in total. The third-order valence-electron chi connectivity index (χ3n) is 6.63. The summed E-state index contributed by atoms with van der Waals surface area (Å²) in [5, 5.41) is 2.17. The van der Waals surface area contributed by atoms with Crippen LogP contribution in [0, 0.1) is 5.82 Å². The molecule has 36 heavy (non-hydrogen) atoms. The van der Waals surface area contributed by atoms with E-state index in [2.05, 4.69) is 10.2 Å². The second-order valence-electron chi connectivity index (χ2n) is 9.60. The van der Waals surface area contributed by atoms with Crippen LogP contribution in [0.1, 0.15) is 56.5 Å². The lowest BCUT2D eigenvalue weighted by Gasteiger charge is -2.35. The number of carbonyl (C=O) groups is 3. The molecule has 2 aromatic rings. The van der Waals surface area contributed by atoms with E-state index in [1.54, 1.807) is 12.1 Å². The van der Waals surface area contributed by atoms with Crippen molar-refractivity contribution in [2.45, 2.75) is 64.6 Å². The summed E-state index contributed by atoms with van der Waals surface area (Å²) in [4.78, 5) is 40.2. The van der Waals surface area contributed by atoms with Gasteiger partial charge >= 0.3 is 0 Å². The summed E-state index contributed by atoms with van der Waals surface area (Å²) in [6, 6.07) is 8.39. The molecule has 0 saturated carbocycles. The van der Waals surface area contributed by atoms with E-state index in [0.717, 1.165) is 23.6 Å². The van der Waals surface area contributed by atoms with Crippen LogP contribution in [0.4, 0.5) is 4.39 Å². The summed E-state index contributed by atoms with van der Waals surface area (Å²) < 4.78 is 44.0. The van der Waals surface area contributed by atoms with Gasteiger partial charge in [-0.15, -0.1) is 0 Å². The van der Waals surface area contributed by atoms with Gasteiger partial charge in [0.2, 0.25) is 11.8 Å². The van der Waals surface area contributed by atoms with E-state index < -0.39 is 36.1 Å². The van der Waals surface area contributed by atoms with Crippen molar-refractivity contribution in [2.24, 2.45) is 0 Å². The largest absolute Gasteiger partial charge is 0.488 e. The zero-order valence-corrected chi connectivity index (χ0v) is 20.3. The van der Waals surface area contributed by atoms with E-state index in [0.29, 0.717) is 12.1 Å². The highest BCUT2D eigenvalue weighted by Crippen LogP contribution is 2.34. The topological polar surface area (TPSA) is 88.2 Å². The Morgan fingerprint density at radius 3 is 2.67 bits per heavy atom. The lowest BCUT2D eigenvalue weighted by molar-refractivity contribution is -0.136. The number of morpholine rings is 1. The highest BCUT2D eigenvalue weighted by atomic mass is 19.1. The zero-order valence-electron chi connectivity index (χ0n) is 22.3. The molecule has 3 amide bonds. The van der Waals surface area contributed by atoms with Crippen LogP contribution < -0.4 is 10.1 Å². The fourth-order valence-electron chi connectivity index (χ4n) is 5.03. The molecule has 0 aliphatic carbocycles. The first-order valence-electron chi connectivity index (χ1n) is 13.1. The number of halogens is 1.